The van der Waals surface area contributed by atoms with Crippen molar-refractivity contribution in [1.82, 2.24) is 4.40 Å². The monoisotopic (exact) mass is 331 g/mol. The Hall–Kier alpha value is -1.81. The van der Waals surface area contributed by atoms with E-state index in [0.717, 1.165) is 29.6 Å². The molecule has 4 heteroatoms. The average molecular weight is 331 g/mol. The number of fused-ring (bicyclic) bond motifs is 1. The van der Waals surface area contributed by atoms with E-state index in [-0.39, 0.29) is 12.1 Å². The van der Waals surface area contributed by atoms with E-state index in [0.29, 0.717) is 24.7 Å². The second-order valence-corrected chi connectivity index (χ2v) is 6.63. The maximum absolute atomic E-state index is 12.4. The van der Waals surface area contributed by atoms with Gasteiger partial charge in [-0.15, -0.1) is 0 Å². The summed E-state index contributed by atoms with van der Waals surface area (Å²) in [5.41, 5.74) is 3.61. The van der Waals surface area contributed by atoms with Crippen molar-refractivity contribution in [3.05, 3.63) is 41.2 Å². The van der Waals surface area contributed by atoms with Gasteiger partial charge in [0.05, 0.1) is 24.0 Å². The number of carbonyl (C=O) groups excluding carboxylic acids is 1. The Labute approximate surface area is 144 Å². The SMILES string of the molecule is CCCOC(=O)c1cc2cccn2c(C(CC)OCC(C)C)c1C. The summed E-state index contributed by atoms with van der Waals surface area (Å²) in [7, 11) is 0. The van der Waals surface area contributed by atoms with Crippen LogP contribution in [0.4, 0.5) is 0 Å². The molecule has 2 aromatic heterocycles. The van der Waals surface area contributed by atoms with Crippen LogP contribution < -0.4 is 0 Å². The van der Waals surface area contributed by atoms with E-state index in [1.54, 1.807) is 0 Å². The van der Waals surface area contributed by atoms with Gasteiger partial charge in [0.15, 0.2) is 0 Å². The van der Waals surface area contributed by atoms with Crippen molar-refractivity contribution in [3.63, 3.8) is 0 Å². The zero-order valence-electron chi connectivity index (χ0n) is 15.5. The molecule has 2 aromatic rings. The van der Waals surface area contributed by atoms with Gasteiger partial charge in [-0.25, -0.2) is 4.79 Å². The van der Waals surface area contributed by atoms with Crippen molar-refractivity contribution >= 4 is 11.5 Å². The molecule has 0 bridgehead atoms. The summed E-state index contributed by atoms with van der Waals surface area (Å²) in [5.74, 6) is 0.218. The number of ether oxygens (including phenoxy) is 2. The minimum atomic E-state index is -0.252. The van der Waals surface area contributed by atoms with Crippen LogP contribution >= 0.6 is 0 Å². The van der Waals surface area contributed by atoms with E-state index in [9.17, 15) is 4.79 Å². The highest BCUT2D eigenvalue weighted by Gasteiger charge is 2.22. The molecule has 0 aliphatic carbocycles. The van der Waals surface area contributed by atoms with Gasteiger partial charge in [-0.05, 0) is 49.4 Å². The number of nitrogens with zero attached hydrogens (tertiary/aromatic N) is 1. The zero-order chi connectivity index (χ0) is 17.7. The minimum Gasteiger partial charge on any atom is -0.462 e. The van der Waals surface area contributed by atoms with Crippen LogP contribution in [-0.2, 0) is 9.47 Å². The van der Waals surface area contributed by atoms with E-state index in [1.165, 1.54) is 0 Å². The van der Waals surface area contributed by atoms with Crippen LogP contribution in [0.5, 0.6) is 0 Å². The third-order valence-electron chi connectivity index (χ3n) is 4.08. The first-order valence-electron chi connectivity index (χ1n) is 8.88. The number of carbonyl (C=O) groups is 1. The highest BCUT2D eigenvalue weighted by atomic mass is 16.5. The molecule has 132 valence electrons. The van der Waals surface area contributed by atoms with Crippen molar-refractivity contribution in [2.45, 2.75) is 53.6 Å². The van der Waals surface area contributed by atoms with Crippen molar-refractivity contribution < 1.29 is 14.3 Å². The Morgan fingerprint density at radius 1 is 1.29 bits per heavy atom. The van der Waals surface area contributed by atoms with Gasteiger partial charge in [0.2, 0.25) is 0 Å². The van der Waals surface area contributed by atoms with Crippen LogP contribution in [-0.4, -0.2) is 23.6 Å². The number of aromatic nitrogens is 1. The molecule has 0 saturated carbocycles. The van der Waals surface area contributed by atoms with Crippen LogP contribution in [0.25, 0.3) is 5.52 Å². The molecule has 0 fully saturated rings. The van der Waals surface area contributed by atoms with E-state index < -0.39 is 0 Å². The molecule has 0 radical (unpaired) electrons. The van der Waals surface area contributed by atoms with Gasteiger partial charge in [-0.1, -0.05) is 27.7 Å². The molecule has 0 aromatic carbocycles. The topological polar surface area (TPSA) is 39.9 Å². The second-order valence-electron chi connectivity index (χ2n) is 6.63. The molecule has 2 rings (SSSR count). The molecular weight excluding hydrogens is 302 g/mol. The molecule has 4 nitrogen and oxygen atoms in total. The molecule has 1 unspecified atom stereocenters. The van der Waals surface area contributed by atoms with Crippen LogP contribution in [0.1, 0.15) is 68.3 Å². The Bertz CT molecular complexity index is 687. The van der Waals surface area contributed by atoms with Gasteiger partial charge < -0.3 is 13.9 Å². The van der Waals surface area contributed by atoms with Crippen molar-refractivity contribution in [3.8, 4) is 0 Å². The average Bonchev–Trinajstić information content (AvgIpc) is 3.02. The maximum atomic E-state index is 12.4. The Morgan fingerprint density at radius 3 is 2.67 bits per heavy atom. The molecular formula is C20H29NO3. The van der Waals surface area contributed by atoms with Crippen molar-refractivity contribution in [2.24, 2.45) is 5.92 Å². The van der Waals surface area contributed by atoms with Crippen molar-refractivity contribution in [2.75, 3.05) is 13.2 Å². The number of hydrogen-bond acceptors (Lipinski definition) is 3. The van der Waals surface area contributed by atoms with Crippen LogP contribution in [0.3, 0.4) is 0 Å². The Balaban J connectivity index is 2.48. The quantitative estimate of drug-likeness (QED) is 0.643. The maximum Gasteiger partial charge on any atom is 0.338 e. The largest absolute Gasteiger partial charge is 0.462 e. The van der Waals surface area contributed by atoms with E-state index in [2.05, 4.69) is 25.2 Å². The number of esters is 1. The predicted octanol–water partition coefficient (Wildman–Crippen LogP) is 4.94. The van der Waals surface area contributed by atoms with Gasteiger partial charge in [-0.3, -0.25) is 0 Å². The van der Waals surface area contributed by atoms with E-state index >= 15 is 0 Å². The van der Waals surface area contributed by atoms with E-state index in [1.807, 2.05) is 38.2 Å². The molecule has 24 heavy (non-hydrogen) atoms. The molecule has 0 amide bonds. The summed E-state index contributed by atoms with van der Waals surface area (Å²) in [5, 5.41) is 0. The lowest BCUT2D eigenvalue weighted by Gasteiger charge is -2.23. The Kier molecular flexibility index (Phi) is 6.44. The molecule has 0 N–H and O–H groups in total. The summed E-state index contributed by atoms with van der Waals surface area (Å²) in [4.78, 5) is 12.4. The smallest absolute Gasteiger partial charge is 0.338 e. The summed E-state index contributed by atoms with van der Waals surface area (Å²) < 4.78 is 13.6. The fourth-order valence-electron chi connectivity index (χ4n) is 2.89. The molecule has 2 heterocycles. The summed E-state index contributed by atoms with van der Waals surface area (Å²) in [6, 6.07) is 5.91. The van der Waals surface area contributed by atoms with Crippen LogP contribution in [0, 0.1) is 12.8 Å². The zero-order valence-corrected chi connectivity index (χ0v) is 15.5. The van der Waals surface area contributed by atoms with E-state index in [4.69, 9.17) is 9.47 Å². The van der Waals surface area contributed by atoms with Gasteiger partial charge in [0.25, 0.3) is 0 Å². The fourth-order valence-corrected chi connectivity index (χ4v) is 2.89. The molecule has 0 aliphatic rings. The van der Waals surface area contributed by atoms with Crippen LogP contribution in [0.2, 0.25) is 0 Å². The lowest BCUT2D eigenvalue weighted by molar-refractivity contribution is 0.0287. The minimum absolute atomic E-state index is 0.0405. The fraction of sp³-hybridized carbons (Fsp3) is 0.550. The molecule has 1 atom stereocenters. The normalized spacial score (nSPS) is 12.8. The van der Waals surface area contributed by atoms with Gasteiger partial charge in [-0.2, -0.15) is 0 Å². The molecule has 0 saturated heterocycles. The molecule has 0 spiro atoms. The van der Waals surface area contributed by atoms with Gasteiger partial charge in [0, 0.05) is 18.3 Å². The van der Waals surface area contributed by atoms with Gasteiger partial charge >= 0.3 is 5.97 Å². The van der Waals surface area contributed by atoms with Gasteiger partial charge in [0.1, 0.15) is 0 Å². The second kappa shape index (κ2) is 8.34. The first-order chi connectivity index (χ1) is 11.5. The number of rotatable bonds is 8. The summed E-state index contributed by atoms with van der Waals surface area (Å²) in [6.45, 7) is 11.5. The van der Waals surface area contributed by atoms with Crippen molar-refractivity contribution in [1.29, 1.82) is 0 Å². The predicted molar refractivity (Wildman–Crippen MR) is 96.5 cm³/mol. The standard InChI is InChI=1S/C20H29NO3/c1-6-11-23-20(22)17-12-16-9-8-10-21(16)19(15(17)5)18(7-2)24-13-14(3)4/h8-10,12,14,18H,6-7,11,13H2,1-5H3. The number of hydrogen-bond donors (Lipinski definition) is 0. The summed E-state index contributed by atoms with van der Waals surface area (Å²) in [6.07, 6.45) is 3.66. The highest BCUT2D eigenvalue weighted by Crippen LogP contribution is 2.29. The lowest BCUT2D eigenvalue weighted by atomic mass is 10.0. The molecule has 0 aliphatic heterocycles. The highest BCUT2D eigenvalue weighted by molar-refractivity contribution is 5.92. The third-order valence-corrected chi connectivity index (χ3v) is 4.08. The Morgan fingerprint density at radius 2 is 2.04 bits per heavy atom. The van der Waals surface area contributed by atoms with Crippen LogP contribution in [0.15, 0.2) is 24.4 Å². The number of pyridine rings is 1. The summed E-state index contributed by atoms with van der Waals surface area (Å²) >= 11 is 0. The first-order valence-corrected chi connectivity index (χ1v) is 8.88. The first kappa shape index (κ1) is 18.5. The lowest BCUT2D eigenvalue weighted by Crippen LogP contribution is -2.17. The third kappa shape index (κ3) is 3.99.